The fourth-order valence-corrected chi connectivity index (χ4v) is 4.00. The molecule has 29 heavy (non-hydrogen) atoms. The van der Waals surface area contributed by atoms with Crippen molar-refractivity contribution in [2.75, 3.05) is 54.4 Å². The Morgan fingerprint density at radius 2 is 1.55 bits per heavy atom. The molecule has 0 atom stereocenters. The van der Waals surface area contributed by atoms with Crippen molar-refractivity contribution in [2.45, 2.75) is 26.7 Å². The number of nitrogens with one attached hydrogen (secondary N) is 1. The van der Waals surface area contributed by atoms with Crippen molar-refractivity contribution >= 4 is 35.0 Å². The Morgan fingerprint density at radius 3 is 2.17 bits per heavy atom. The largest absolute Gasteiger partial charge is 0.356 e. The fraction of sp³-hybridized carbons (Fsp3) is 0.476. The van der Waals surface area contributed by atoms with Crippen LogP contribution in [0.25, 0.3) is 0 Å². The van der Waals surface area contributed by atoms with Crippen molar-refractivity contribution in [1.82, 2.24) is 14.9 Å². The molecule has 2 aliphatic rings. The van der Waals surface area contributed by atoms with Crippen molar-refractivity contribution in [3.05, 3.63) is 40.7 Å². The van der Waals surface area contributed by atoms with Gasteiger partial charge in [-0.15, -0.1) is 0 Å². The Labute approximate surface area is 176 Å². The third kappa shape index (κ3) is 4.56. The molecule has 2 saturated heterocycles. The van der Waals surface area contributed by atoms with Crippen molar-refractivity contribution in [3.8, 4) is 0 Å². The van der Waals surface area contributed by atoms with Crippen LogP contribution in [-0.2, 0) is 0 Å². The summed E-state index contributed by atoms with van der Waals surface area (Å²) in [5.41, 5.74) is 1.71. The normalized spacial score (nSPS) is 17.0. The number of anilines is 3. The molecule has 2 aromatic rings. The topological polar surface area (TPSA) is 64.6 Å². The minimum absolute atomic E-state index is 0.0961. The van der Waals surface area contributed by atoms with Crippen LogP contribution in [-0.4, -0.2) is 60.2 Å². The minimum Gasteiger partial charge on any atom is -0.356 e. The molecular formula is C21H27ClN6O. The summed E-state index contributed by atoms with van der Waals surface area (Å²) >= 11 is 6.16. The van der Waals surface area contributed by atoms with Crippen LogP contribution in [0.4, 0.5) is 22.1 Å². The van der Waals surface area contributed by atoms with Crippen molar-refractivity contribution in [2.24, 2.45) is 0 Å². The predicted octanol–water partition coefficient (Wildman–Crippen LogP) is 3.70. The lowest BCUT2D eigenvalue weighted by Gasteiger charge is -2.35. The van der Waals surface area contributed by atoms with Crippen LogP contribution in [0.5, 0.6) is 0 Å². The monoisotopic (exact) mass is 414 g/mol. The van der Waals surface area contributed by atoms with Crippen LogP contribution in [0.1, 0.15) is 24.2 Å². The molecule has 7 nitrogen and oxygen atoms in total. The molecule has 2 aliphatic heterocycles. The molecule has 154 valence electrons. The smallest absolute Gasteiger partial charge is 0.321 e. The van der Waals surface area contributed by atoms with Crippen LogP contribution >= 0.6 is 11.6 Å². The second kappa shape index (κ2) is 8.45. The lowest BCUT2D eigenvalue weighted by molar-refractivity contribution is 0.208. The Morgan fingerprint density at radius 1 is 0.931 bits per heavy atom. The van der Waals surface area contributed by atoms with E-state index in [1.54, 1.807) is 6.07 Å². The fourth-order valence-electron chi connectivity index (χ4n) is 3.82. The van der Waals surface area contributed by atoms with Crippen LogP contribution < -0.4 is 15.1 Å². The summed E-state index contributed by atoms with van der Waals surface area (Å²) in [7, 11) is 0. The Bertz CT molecular complexity index is 891. The van der Waals surface area contributed by atoms with E-state index in [0.29, 0.717) is 18.1 Å². The number of rotatable bonds is 3. The summed E-state index contributed by atoms with van der Waals surface area (Å²) in [5, 5.41) is 3.59. The third-order valence-electron chi connectivity index (χ3n) is 5.55. The summed E-state index contributed by atoms with van der Waals surface area (Å²) in [4.78, 5) is 28.3. The van der Waals surface area contributed by atoms with Crippen molar-refractivity contribution < 1.29 is 4.79 Å². The highest BCUT2D eigenvalue weighted by Crippen LogP contribution is 2.24. The maximum absolute atomic E-state index is 12.6. The first-order valence-corrected chi connectivity index (χ1v) is 10.5. The van der Waals surface area contributed by atoms with Gasteiger partial charge in [0.05, 0.1) is 0 Å². The molecule has 0 unspecified atom stereocenters. The molecule has 1 aromatic heterocycles. The van der Waals surface area contributed by atoms with Gasteiger partial charge in [0.25, 0.3) is 0 Å². The molecule has 0 spiro atoms. The van der Waals surface area contributed by atoms with Gasteiger partial charge in [-0.05, 0) is 44.4 Å². The number of piperazine rings is 1. The SMILES string of the molecule is Cc1nc(N2CCCC2)cc(N2CCN(C(=O)Nc3ccc(C)c(Cl)c3)CC2)n1. The molecule has 0 bridgehead atoms. The van der Waals surface area contributed by atoms with E-state index in [0.717, 1.165) is 54.9 Å². The Kier molecular flexibility index (Phi) is 5.76. The van der Waals surface area contributed by atoms with E-state index in [-0.39, 0.29) is 6.03 Å². The van der Waals surface area contributed by atoms with Crippen LogP contribution in [0, 0.1) is 13.8 Å². The third-order valence-corrected chi connectivity index (χ3v) is 5.96. The number of amides is 2. The summed E-state index contributed by atoms with van der Waals surface area (Å²) in [6.45, 7) is 8.80. The summed E-state index contributed by atoms with van der Waals surface area (Å²) < 4.78 is 0. The van der Waals surface area contributed by atoms with E-state index in [9.17, 15) is 4.79 Å². The Hall–Kier alpha value is -2.54. The highest BCUT2D eigenvalue weighted by Gasteiger charge is 2.23. The average Bonchev–Trinajstić information content (AvgIpc) is 3.25. The molecule has 2 fully saturated rings. The van der Waals surface area contributed by atoms with E-state index in [4.69, 9.17) is 11.6 Å². The van der Waals surface area contributed by atoms with E-state index >= 15 is 0 Å². The van der Waals surface area contributed by atoms with Crippen molar-refractivity contribution in [1.29, 1.82) is 0 Å². The molecule has 3 heterocycles. The average molecular weight is 415 g/mol. The molecule has 1 N–H and O–H groups in total. The van der Waals surface area contributed by atoms with Gasteiger partial charge in [-0.2, -0.15) is 0 Å². The number of benzene rings is 1. The van der Waals surface area contributed by atoms with Gasteiger partial charge in [0.1, 0.15) is 17.5 Å². The number of urea groups is 1. The van der Waals surface area contributed by atoms with Gasteiger partial charge >= 0.3 is 6.03 Å². The van der Waals surface area contributed by atoms with E-state index < -0.39 is 0 Å². The summed E-state index contributed by atoms with van der Waals surface area (Å²) in [6, 6.07) is 7.56. The first kappa shape index (κ1) is 19.8. The highest BCUT2D eigenvalue weighted by atomic mass is 35.5. The van der Waals surface area contributed by atoms with Crippen LogP contribution in [0.3, 0.4) is 0 Å². The molecule has 4 rings (SSSR count). The highest BCUT2D eigenvalue weighted by molar-refractivity contribution is 6.31. The van der Waals surface area contributed by atoms with Crippen LogP contribution in [0.15, 0.2) is 24.3 Å². The molecule has 2 amide bonds. The maximum atomic E-state index is 12.6. The molecule has 8 heteroatoms. The summed E-state index contributed by atoms with van der Waals surface area (Å²) in [6.07, 6.45) is 2.44. The Balaban J connectivity index is 1.37. The lowest BCUT2D eigenvalue weighted by atomic mass is 10.2. The molecule has 0 aliphatic carbocycles. The van der Waals surface area contributed by atoms with E-state index in [2.05, 4.69) is 31.2 Å². The van der Waals surface area contributed by atoms with Gasteiger partial charge in [0, 0.05) is 56.0 Å². The zero-order chi connectivity index (χ0) is 20.4. The molecule has 0 radical (unpaired) electrons. The van der Waals surface area contributed by atoms with Crippen molar-refractivity contribution in [3.63, 3.8) is 0 Å². The van der Waals surface area contributed by atoms with Gasteiger partial charge in [-0.25, -0.2) is 14.8 Å². The van der Waals surface area contributed by atoms with E-state index in [1.165, 1.54) is 12.8 Å². The zero-order valence-electron chi connectivity index (χ0n) is 17.0. The first-order valence-electron chi connectivity index (χ1n) is 10.2. The molecular weight excluding hydrogens is 388 g/mol. The maximum Gasteiger partial charge on any atom is 0.321 e. The van der Waals surface area contributed by atoms with Gasteiger partial charge in [-0.3, -0.25) is 0 Å². The zero-order valence-corrected chi connectivity index (χ0v) is 17.7. The number of halogens is 1. The second-order valence-corrected chi connectivity index (χ2v) is 8.10. The number of nitrogens with zero attached hydrogens (tertiary/aromatic N) is 5. The first-order chi connectivity index (χ1) is 14.0. The number of aromatic nitrogens is 2. The standard InChI is InChI=1S/C21H27ClN6O/c1-15-5-6-17(13-18(15)22)25-21(29)28-11-9-27(10-12-28)20-14-19(23-16(2)24-20)26-7-3-4-8-26/h5-6,13-14H,3-4,7-12H2,1-2H3,(H,25,29). The predicted molar refractivity (Wildman–Crippen MR) is 117 cm³/mol. The number of hydrogen-bond acceptors (Lipinski definition) is 5. The van der Waals surface area contributed by atoms with Gasteiger partial charge in [0.15, 0.2) is 0 Å². The molecule has 1 aromatic carbocycles. The number of carbonyl (C=O) groups excluding carboxylic acids is 1. The van der Waals surface area contributed by atoms with Gasteiger partial charge < -0.3 is 20.0 Å². The number of carbonyl (C=O) groups is 1. The minimum atomic E-state index is -0.0961. The second-order valence-electron chi connectivity index (χ2n) is 7.69. The number of hydrogen-bond donors (Lipinski definition) is 1. The molecule has 0 saturated carbocycles. The summed E-state index contributed by atoms with van der Waals surface area (Å²) in [5.74, 6) is 2.76. The van der Waals surface area contributed by atoms with Gasteiger partial charge in [0.2, 0.25) is 0 Å². The van der Waals surface area contributed by atoms with Gasteiger partial charge in [-0.1, -0.05) is 17.7 Å². The van der Waals surface area contributed by atoms with Crippen LogP contribution in [0.2, 0.25) is 5.02 Å². The number of aryl methyl sites for hydroxylation is 2. The quantitative estimate of drug-likeness (QED) is 0.829. The van der Waals surface area contributed by atoms with E-state index in [1.807, 2.05) is 30.9 Å². The lowest BCUT2D eigenvalue weighted by Crippen LogP contribution is -2.50.